The topological polar surface area (TPSA) is 36.9 Å². The van der Waals surface area contributed by atoms with Crippen LogP contribution in [-0.4, -0.2) is 44.2 Å². The summed E-state index contributed by atoms with van der Waals surface area (Å²) in [5, 5.41) is 3.51. The van der Waals surface area contributed by atoms with Crippen LogP contribution in [0.25, 0.3) is 0 Å². The zero-order valence-electron chi connectivity index (χ0n) is 14.5. The molecule has 1 aliphatic rings. The minimum Gasteiger partial charge on any atom is -0.381 e. The molecule has 5 heteroatoms. The van der Waals surface area contributed by atoms with Crippen LogP contribution < -0.4 is 5.32 Å². The van der Waals surface area contributed by atoms with Crippen LogP contribution in [0.4, 0.5) is 0 Å². The van der Waals surface area contributed by atoms with Crippen molar-refractivity contribution in [2.45, 2.75) is 33.2 Å². The van der Waals surface area contributed by atoms with E-state index in [0.29, 0.717) is 5.92 Å². The number of aryl methyl sites for hydroxylation is 1. The Morgan fingerprint density at radius 2 is 2.04 bits per heavy atom. The van der Waals surface area contributed by atoms with Gasteiger partial charge in [-0.1, -0.05) is 31.2 Å². The van der Waals surface area contributed by atoms with Crippen LogP contribution in [0.1, 0.15) is 31.4 Å². The molecule has 0 aromatic heterocycles. The molecule has 0 aliphatic carbocycles. The molecule has 1 fully saturated rings. The predicted molar refractivity (Wildman–Crippen MR) is 108 cm³/mol. The molecule has 1 aromatic carbocycles. The van der Waals surface area contributed by atoms with E-state index in [1.807, 2.05) is 7.05 Å². The van der Waals surface area contributed by atoms with E-state index in [9.17, 15) is 0 Å². The van der Waals surface area contributed by atoms with Gasteiger partial charge in [0.15, 0.2) is 5.96 Å². The number of aliphatic imine (C=N–C) groups is 1. The first-order chi connectivity index (χ1) is 10.8. The average molecular weight is 431 g/mol. The van der Waals surface area contributed by atoms with E-state index < -0.39 is 0 Å². The third-order valence-corrected chi connectivity index (χ3v) is 4.29. The lowest BCUT2D eigenvalue weighted by Gasteiger charge is -2.22. The number of rotatable bonds is 6. The van der Waals surface area contributed by atoms with Crippen LogP contribution in [0, 0.1) is 5.92 Å². The van der Waals surface area contributed by atoms with Crippen LogP contribution in [0.15, 0.2) is 29.3 Å². The monoisotopic (exact) mass is 431 g/mol. The Balaban J connectivity index is 0.00000264. The molecule has 23 heavy (non-hydrogen) atoms. The number of halogens is 1. The van der Waals surface area contributed by atoms with E-state index in [1.165, 1.54) is 17.5 Å². The van der Waals surface area contributed by atoms with Crippen molar-refractivity contribution in [3.05, 3.63) is 35.4 Å². The van der Waals surface area contributed by atoms with Crippen LogP contribution in [0.3, 0.4) is 0 Å². The number of ether oxygens (including phenoxy) is 1. The molecular formula is C18H30IN3O. The summed E-state index contributed by atoms with van der Waals surface area (Å²) in [7, 11) is 1.87. The van der Waals surface area contributed by atoms with Gasteiger partial charge in [0.1, 0.15) is 0 Å². The van der Waals surface area contributed by atoms with Gasteiger partial charge in [0, 0.05) is 39.2 Å². The van der Waals surface area contributed by atoms with Crippen LogP contribution in [0.5, 0.6) is 0 Å². The van der Waals surface area contributed by atoms with E-state index in [1.54, 1.807) is 0 Å². The molecule has 0 amide bonds. The second-order valence-corrected chi connectivity index (χ2v) is 5.78. The molecule has 1 atom stereocenters. The Hall–Kier alpha value is -0.820. The fourth-order valence-electron chi connectivity index (χ4n) is 3.03. The molecule has 0 spiro atoms. The van der Waals surface area contributed by atoms with Gasteiger partial charge in [0.05, 0.1) is 6.61 Å². The minimum atomic E-state index is 0. The van der Waals surface area contributed by atoms with Gasteiger partial charge in [-0.25, -0.2) is 0 Å². The van der Waals surface area contributed by atoms with Crippen LogP contribution in [-0.2, 0) is 17.7 Å². The van der Waals surface area contributed by atoms with Crippen molar-refractivity contribution < 1.29 is 4.74 Å². The summed E-state index contributed by atoms with van der Waals surface area (Å²) in [5.41, 5.74) is 2.76. The molecule has 130 valence electrons. The molecule has 0 bridgehead atoms. The fraction of sp³-hybridized carbons (Fsp3) is 0.611. The molecular weight excluding hydrogens is 401 g/mol. The molecule has 2 rings (SSSR count). The summed E-state index contributed by atoms with van der Waals surface area (Å²) >= 11 is 0. The van der Waals surface area contributed by atoms with Crippen molar-refractivity contribution in [1.29, 1.82) is 0 Å². The van der Waals surface area contributed by atoms with Crippen LogP contribution in [0.2, 0.25) is 0 Å². The molecule has 1 saturated heterocycles. The molecule has 0 radical (unpaired) electrons. The van der Waals surface area contributed by atoms with Crippen molar-refractivity contribution >= 4 is 29.9 Å². The van der Waals surface area contributed by atoms with Crippen molar-refractivity contribution in [3.63, 3.8) is 0 Å². The number of nitrogens with one attached hydrogen (secondary N) is 1. The van der Waals surface area contributed by atoms with Gasteiger partial charge in [0.2, 0.25) is 0 Å². The summed E-state index contributed by atoms with van der Waals surface area (Å²) in [6, 6.07) is 8.61. The third kappa shape index (κ3) is 5.95. The molecule has 1 aliphatic heterocycles. The lowest BCUT2D eigenvalue weighted by molar-refractivity contribution is 0.114. The van der Waals surface area contributed by atoms with Crippen LogP contribution >= 0.6 is 24.0 Å². The first-order valence-electron chi connectivity index (χ1n) is 8.38. The van der Waals surface area contributed by atoms with Gasteiger partial charge in [-0.2, -0.15) is 0 Å². The number of guanidine groups is 1. The highest BCUT2D eigenvalue weighted by Gasteiger charge is 2.24. The summed E-state index contributed by atoms with van der Waals surface area (Å²) in [6.07, 6.45) is 2.25. The highest BCUT2D eigenvalue weighted by Crippen LogP contribution is 2.17. The molecule has 4 nitrogen and oxygen atoms in total. The van der Waals surface area contributed by atoms with Gasteiger partial charge < -0.3 is 15.0 Å². The highest BCUT2D eigenvalue weighted by atomic mass is 127. The van der Waals surface area contributed by atoms with Crippen molar-refractivity contribution in [2.75, 3.05) is 33.4 Å². The van der Waals surface area contributed by atoms with Gasteiger partial charge in [0.25, 0.3) is 0 Å². The number of hydrogen-bond donors (Lipinski definition) is 1. The largest absolute Gasteiger partial charge is 0.381 e. The van der Waals surface area contributed by atoms with Crippen molar-refractivity contribution in [2.24, 2.45) is 10.9 Å². The molecule has 1 heterocycles. The van der Waals surface area contributed by atoms with E-state index >= 15 is 0 Å². The Labute approximate surface area is 157 Å². The van der Waals surface area contributed by atoms with E-state index in [4.69, 9.17) is 4.74 Å². The first kappa shape index (κ1) is 20.2. The average Bonchev–Trinajstić information content (AvgIpc) is 3.02. The highest BCUT2D eigenvalue weighted by molar-refractivity contribution is 14.0. The number of likely N-dealkylation sites (tertiary alicyclic amines) is 1. The van der Waals surface area contributed by atoms with Gasteiger partial charge >= 0.3 is 0 Å². The second kappa shape index (κ2) is 10.9. The maximum Gasteiger partial charge on any atom is 0.193 e. The molecule has 1 unspecified atom stereocenters. The second-order valence-electron chi connectivity index (χ2n) is 5.78. The number of nitrogens with zero attached hydrogens (tertiary/aromatic N) is 2. The lowest BCUT2D eigenvalue weighted by atomic mass is 10.1. The Morgan fingerprint density at radius 3 is 2.70 bits per heavy atom. The summed E-state index contributed by atoms with van der Waals surface area (Å²) in [5.74, 6) is 1.63. The van der Waals surface area contributed by atoms with Crippen molar-refractivity contribution in [3.8, 4) is 0 Å². The third-order valence-electron chi connectivity index (χ3n) is 4.29. The van der Waals surface area contributed by atoms with E-state index in [2.05, 4.69) is 53.3 Å². The van der Waals surface area contributed by atoms with Crippen molar-refractivity contribution in [1.82, 2.24) is 10.2 Å². The van der Waals surface area contributed by atoms with E-state index in [0.717, 1.165) is 45.2 Å². The minimum absolute atomic E-state index is 0. The van der Waals surface area contributed by atoms with Gasteiger partial charge in [-0.05, 0) is 30.9 Å². The summed E-state index contributed by atoms with van der Waals surface area (Å²) in [6.45, 7) is 8.86. The normalized spacial score (nSPS) is 18.0. The maximum atomic E-state index is 5.55. The molecule has 1 N–H and O–H groups in total. The van der Waals surface area contributed by atoms with Gasteiger partial charge in [-0.3, -0.25) is 4.99 Å². The predicted octanol–water partition coefficient (Wildman–Crippen LogP) is 3.30. The molecule has 1 aromatic rings. The Bertz CT molecular complexity index is 493. The smallest absolute Gasteiger partial charge is 0.193 e. The Kier molecular flexibility index (Phi) is 9.55. The zero-order valence-corrected chi connectivity index (χ0v) is 16.9. The summed E-state index contributed by atoms with van der Waals surface area (Å²) < 4.78 is 5.55. The SMILES string of the molecule is CCOCC1CCN(C(=NC)NCc2ccccc2CC)C1.I. The zero-order chi connectivity index (χ0) is 15.8. The van der Waals surface area contributed by atoms with Gasteiger partial charge in [-0.15, -0.1) is 24.0 Å². The maximum absolute atomic E-state index is 5.55. The Morgan fingerprint density at radius 1 is 1.30 bits per heavy atom. The first-order valence-corrected chi connectivity index (χ1v) is 8.38. The summed E-state index contributed by atoms with van der Waals surface area (Å²) in [4.78, 5) is 6.79. The lowest BCUT2D eigenvalue weighted by Crippen LogP contribution is -2.40. The standard InChI is InChI=1S/C18H29N3O.HI/c1-4-16-8-6-7-9-17(16)12-20-18(19-3)21-11-10-15(13-21)14-22-5-2;/h6-9,15H,4-5,10-14H2,1-3H3,(H,19,20);1H. The van der Waals surface area contributed by atoms with E-state index in [-0.39, 0.29) is 24.0 Å². The number of benzene rings is 1. The number of hydrogen-bond acceptors (Lipinski definition) is 2. The fourth-order valence-corrected chi connectivity index (χ4v) is 3.03. The quantitative estimate of drug-likeness (QED) is 0.427. The molecule has 0 saturated carbocycles.